The Hall–Kier alpha value is -2.04. The Morgan fingerprint density at radius 2 is 2.16 bits per heavy atom. The van der Waals surface area contributed by atoms with Gasteiger partial charge in [-0.1, -0.05) is 0 Å². The molecule has 0 fully saturated rings. The number of rotatable bonds is 4. The minimum atomic E-state index is -0.977. The summed E-state index contributed by atoms with van der Waals surface area (Å²) in [6.45, 7) is 3.89. The second kappa shape index (κ2) is 4.91. The van der Waals surface area contributed by atoms with Gasteiger partial charge in [-0.2, -0.15) is 0 Å². The van der Waals surface area contributed by atoms with Crippen LogP contribution in [0.25, 0.3) is 0 Å². The van der Waals surface area contributed by atoms with Crippen LogP contribution in [0.1, 0.15) is 29.8 Å². The maximum absolute atomic E-state index is 12.0. The lowest BCUT2D eigenvalue weighted by atomic mass is 9.94. The first-order chi connectivity index (χ1) is 8.90. The maximum Gasteiger partial charge on any atom is 0.310 e. The predicted octanol–water partition coefficient (Wildman–Crippen LogP) is 1.46. The molecule has 1 aromatic rings. The van der Waals surface area contributed by atoms with Crippen molar-refractivity contribution in [3.8, 4) is 5.75 Å². The van der Waals surface area contributed by atoms with Crippen LogP contribution in [0.4, 0.5) is 0 Å². The first-order valence-electron chi connectivity index (χ1n) is 6.17. The molecule has 19 heavy (non-hydrogen) atoms. The summed E-state index contributed by atoms with van der Waals surface area (Å²) < 4.78 is 5.37. The number of aliphatic carboxylic acids is 1. The molecule has 0 saturated heterocycles. The lowest BCUT2D eigenvalue weighted by molar-refractivity contribution is -0.146. The quantitative estimate of drug-likeness (QED) is 0.862. The van der Waals surface area contributed by atoms with Crippen molar-refractivity contribution in [3.63, 3.8) is 0 Å². The Labute approximate surface area is 111 Å². The molecule has 5 heteroatoms. The number of fused-ring (bicyclic) bond motifs is 1. The van der Waals surface area contributed by atoms with E-state index in [0.29, 0.717) is 12.2 Å². The summed E-state index contributed by atoms with van der Waals surface area (Å²) in [7, 11) is 0. The fraction of sp³-hybridized carbons (Fsp3) is 0.429. The molecule has 102 valence electrons. The van der Waals surface area contributed by atoms with E-state index >= 15 is 0 Å². The minimum absolute atomic E-state index is 0.0920. The zero-order chi connectivity index (χ0) is 14.0. The normalized spacial score (nSPS) is 13.6. The number of benzene rings is 1. The molecule has 0 bridgehead atoms. The zero-order valence-corrected chi connectivity index (χ0v) is 11.0. The molecule has 1 aliphatic rings. The lowest BCUT2D eigenvalue weighted by Crippen LogP contribution is -2.38. The minimum Gasteiger partial charge on any atom is -0.493 e. The molecule has 0 saturated carbocycles. The third-order valence-corrected chi connectivity index (χ3v) is 3.22. The van der Waals surface area contributed by atoms with E-state index in [1.165, 1.54) is 0 Å². The average Bonchev–Trinajstić information content (AvgIpc) is 2.82. The number of nitrogens with one attached hydrogen (secondary N) is 1. The number of carbonyl (C=O) groups excluding carboxylic acids is 1. The van der Waals surface area contributed by atoms with Crippen molar-refractivity contribution in [1.82, 2.24) is 5.32 Å². The monoisotopic (exact) mass is 263 g/mol. The topological polar surface area (TPSA) is 75.6 Å². The van der Waals surface area contributed by atoms with E-state index < -0.39 is 11.4 Å². The summed E-state index contributed by atoms with van der Waals surface area (Å²) in [4.78, 5) is 22.9. The lowest BCUT2D eigenvalue weighted by Gasteiger charge is -2.19. The number of amides is 1. The second-order valence-electron chi connectivity index (χ2n) is 5.29. The van der Waals surface area contributed by atoms with E-state index in [2.05, 4.69) is 5.32 Å². The molecule has 0 unspecified atom stereocenters. The molecule has 0 spiro atoms. The molecule has 2 N–H and O–H groups in total. The smallest absolute Gasteiger partial charge is 0.310 e. The molecule has 5 nitrogen and oxygen atoms in total. The van der Waals surface area contributed by atoms with Crippen molar-refractivity contribution in [2.75, 3.05) is 13.2 Å². The van der Waals surface area contributed by atoms with Gasteiger partial charge in [0.25, 0.3) is 5.91 Å². The fourth-order valence-electron chi connectivity index (χ4n) is 1.81. The number of hydrogen-bond donors (Lipinski definition) is 2. The van der Waals surface area contributed by atoms with Crippen molar-refractivity contribution in [3.05, 3.63) is 29.3 Å². The molecule has 1 aliphatic heterocycles. The van der Waals surface area contributed by atoms with Crippen molar-refractivity contribution in [2.45, 2.75) is 20.3 Å². The largest absolute Gasteiger partial charge is 0.493 e. The van der Waals surface area contributed by atoms with Crippen molar-refractivity contribution < 1.29 is 19.4 Å². The van der Waals surface area contributed by atoms with Gasteiger partial charge >= 0.3 is 5.97 Å². The summed E-state index contributed by atoms with van der Waals surface area (Å²) in [6, 6.07) is 5.26. The number of carboxylic acid groups (broad SMARTS) is 1. The molecule has 1 amide bonds. The molecule has 1 heterocycles. The summed E-state index contributed by atoms with van der Waals surface area (Å²) in [5.74, 6) is -0.374. The molecular weight excluding hydrogens is 246 g/mol. The van der Waals surface area contributed by atoms with Crippen LogP contribution >= 0.6 is 0 Å². The van der Waals surface area contributed by atoms with Crippen LogP contribution in [0.5, 0.6) is 5.75 Å². The Bertz CT molecular complexity index is 522. The SMILES string of the molecule is CC(C)(CNC(=O)c1ccc2c(c1)CCO2)C(=O)O. The Kier molecular flexibility index (Phi) is 3.46. The second-order valence-corrected chi connectivity index (χ2v) is 5.29. The first kappa shape index (κ1) is 13.4. The number of carbonyl (C=O) groups is 2. The standard InChI is InChI=1S/C14H17NO4/c1-14(2,13(17)18)8-15-12(16)10-3-4-11-9(7-10)5-6-19-11/h3-4,7H,5-6,8H2,1-2H3,(H,15,16)(H,17,18). The molecule has 0 aliphatic carbocycles. The van der Waals surface area contributed by atoms with Crippen molar-refractivity contribution in [2.24, 2.45) is 5.41 Å². The summed E-state index contributed by atoms with van der Waals surface area (Å²) in [5, 5.41) is 11.6. The Balaban J connectivity index is 2.03. The third kappa shape index (κ3) is 2.86. The molecule has 0 atom stereocenters. The van der Waals surface area contributed by atoms with E-state index in [9.17, 15) is 9.59 Å². The van der Waals surface area contributed by atoms with E-state index in [-0.39, 0.29) is 12.5 Å². The molecule has 0 radical (unpaired) electrons. The van der Waals surface area contributed by atoms with Gasteiger partial charge in [0.15, 0.2) is 0 Å². The first-order valence-corrected chi connectivity index (χ1v) is 6.17. The van der Waals surface area contributed by atoms with Crippen LogP contribution in [0.15, 0.2) is 18.2 Å². The highest BCUT2D eigenvalue weighted by Gasteiger charge is 2.27. The predicted molar refractivity (Wildman–Crippen MR) is 69.4 cm³/mol. The van der Waals surface area contributed by atoms with Gasteiger partial charge in [-0.05, 0) is 37.6 Å². The highest BCUT2D eigenvalue weighted by Crippen LogP contribution is 2.25. The number of carboxylic acids is 1. The van der Waals surface area contributed by atoms with E-state index in [1.54, 1.807) is 32.0 Å². The number of ether oxygens (including phenoxy) is 1. The Morgan fingerprint density at radius 1 is 1.42 bits per heavy atom. The van der Waals surface area contributed by atoms with Crippen LogP contribution in [0, 0.1) is 5.41 Å². The molecule has 0 aromatic heterocycles. The van der Waals surface area contributed by atoms with Gasteiger partial charge < -0.3 is 15.2 Å². The summed E-state index contributed by atoms with van der Waals surface area (Å²) >= 11 is 0. The van der Waals surface area contributed by atoms with Crippen LogP contribution in [-0.4, -0.2) is 30.1 Å². The summed E-state index contributed by atoms with van der Waals surface area (Å²) in [5.41, 5.74) is 0.575. The maximum atomic E-state index is 12.0. The van der Waals surface area contributed by atoms with Gasteiger partial charge in [-0.15, -0.1) is 0 Å². The Morgan fingerprint density at radius 3 is 2.84 bits per heavy atom. The molecular formula is C14H17NO4. The van der Waals surface area contributed by atoms with Crippen LogP contribution in [0.2, 0.25) is 0 Å². The van der Waals surface area contributed by atoms with Gasteiger partial charge in [-0.3, -0.25) is 9.59 Å². The van der Waals surface area contributed by atoms with E-state index in [1.807, 2.05) is 0 Å². The van der Waals surface area contributed by atoms with E-state index in [4.69, 9.17) is 9.84 Å². The van der Waals surface area contributed by atoms with Crippen molar-refractivity contribution >= 4 is 11.9 Å². The third-order valence-electron chi connectivity index (χ3n) is 3.22. The van der Waals surface area contributed by atoms with Crippen LogP contribution < -0.4 is 10.1 Å². The van der Waals surface area contributed by atoms with Gasteiger partial charge in [0.05, 0.1) is 12.0 Å². The highest BCUT2D eigenvalue weighted by atomic mass is 16.5. The van der Waals surface area contributed by atoms with E-state index in [0.717, 1.165) is 17.7 Å². The summed E-state index contributed by atoms with van der Waals surface area (Å²) in [6.07, 6.45) is 0.803. The number of hydrogen-bond acceptors (Lipinski definition) is 3. The van der Waals surface area contributed by atoms with Gasteiger partial charge in [0.2, 0.25) is 0 Å². The molecule has 2 rings (SSSR count). The highest BCUT2D eigenvalue weighted by molar-refractivity contribution is 5.95. The molecule has 1 aromatic carbocycles. The van der Waals surface area contributed by atoms with Crippen molar-refractivity contribution in [1.29, 1.82) is 0 Å². The fourth-order valence-corrected chi connectivity index (χ4v) is 1.81. The van der Waals surface area contributed by atoms with Gasteiger partial charge in [0.1, 0.15) is 5.75 Å². The van der Waals surface area contributed by atoms with Gasteiger partial charge in [-0.25, -0.2) is 0 Å². The zero-order valence-electron chi connectivity index (χ0n) is 11.0. The van der Waals surface area contributed by atoms with Gasteiger partial charge in [0, 0.05) is 18.5 Å². The van der Waals surface area contributed by atoms with Crippen LogP contribution in [-0.2, 0) is 11.2 Å². The van der Waals surface area contributed by atoms with Crippen LogP contribution in [0.3, 0.4) is 0 Å². The average molecular weight is 263 g/mol.